The fourth-order valence-corrected chi connectivity index (χ4v) is 5.49. The number of nitrogen functional groups attached to an aromatic ring is 1. The van der Waals surface area contributed by atoms with Crippen molar-refractivity contribution in [3.8, 4) is 0 Å². The van der Waals surface area contributed by atoms with Crippen LogP contribution in [0.1, 0.15) is 16.7 Å². The average Bonchev–Trinajstić information content (AvgIpc) is 3.09. The van der Waals surface area contributed by atoms with Crippen molar-refractivity contribution in [2.24, 2.45) is 5.10 Å². The third-order valence-corrected chi connectivity index (χ3v) is 7.32. The molecule has 8 nitrogen and oxygen atoms in total. The van der Waals surface area contributed by atoms with E-state index in [0.29, 0.717) is 16.6 Å². The second-order valence-electron chi connectivity index (χ2n) is 7.71. The van der Waals surface area contributed by atoms with Gasteiger partial charge < -0.3 is 5.73 Å². The number of aryl methyl sites for hydroxylation is 2. The molecule has 0 aliphatic rings. The maximum Gasteiger partial charge on any atom is 0.212 e. The molecule has 0 aliphatic carbocycles. The number of nitrogens with two attached hydrogens (primary N) is 1. The number of fused-ring (bicyclic) bond motifs is 2. The maximum atomic E-state index is 13.8. The molecule has 2 aromatic carbocycles. The van der Waals surface area contributed by atoms with Crippen molar-refractivity contribution in [1.82, 2.24) is 19.6 Å². The number of aromatic nitrogens is 4. The number of pyridine rings is 1. The van der Waals surface area contributed by atoms with Crippen molar-refractivity contribution in [3.05, 3.63) is 83.7 Å². The Morgan fingerprint density at radius 1 is 0.970 bits per heavy atom. The fraction of sp³-hybridized carbons (Fsp3) is 0.0833. The fourth-order valence-electron chi connectivity index (χ4n) is 3.68. The van der Waals surface area contributed by atoms with E-state index < -0.39 is 9.84 Å². The molecule has 5 aromatic rings. The Bertz CT molecular complexity index is 1660. The van der Waals surface area contributed by atoms with Gasteiger partial charge in [-0.2, -0.15) is 9.78 Å². The van der Waals surface area contributed by atoms with Gasteiger partial charge >= 0.3 is 0 Å². The van der Waals surface area contributed by atoms with Gasteiger partial charge in [0.1, 0.15) is 16.2 Å². The van der Waals surface area contributed by atoms with E-state index in [2.05, 4.69) is 20.1 Å². The molecule has 3 heterocycles. The topological polar surface area (TPSA) is 116 Å². The van der Waals surface area contributed by atoms with Crippen LogP contribution in [0.3, 0.4) is 0 Å². The third-order valence-electron chi connectivity index (χ3n) is 5.36. The quantitative estimate of drug-likeness (QED) is 0.410. The van der Waals surface area contributed by atoms with Crippen molar-refractivity contribution in [3.63, 3.8) is 0 Å². The number of anilines is 1. The number of nitrogens with zero attached hydrogens (tertiary/aromatic N) is 5. The summed E-state index contributed by atoms with van der Waals surface area (Å²) in [5, 5.41) is 4.45. The Labute approximate surface area is 190 Å². The number of para-hydroxylation sites is 2. The number of hydrogen-bond acceptors (Lipinski definition) is 7. The van der Waals surface area contributed by atoms with Crippen LogP contribution in [0.25, 0.3) is 22.2 Å². The van der Waals surface area contributed by atoms with Crippen LogP contribution in [0, 0.1) is 13.8 Å². The summed E-state index contributed by atoms with van der Waals surface area (Å²) in [5.41, 5.74) is 10.3. The van der Waals surface area contributed by atoms with Crippen LogP contribution in [0.2, 0.25) is 0 Å². The van der Waals surface area contributed by atoms with E-state index in [0.717, 1.165) is 11.1 Å². The first-order valence-electron chi connectivity index (χ1n) is 10.2. The van der Waals surface area contributed by atoms with Gasteiger partial charge in [0.2, 0.25) is 9.84 Å². The molecule has 0 radical (unpaired) electrons. The molecule has 3 aromatic heterocycles. The van der Waals surface area contributed by atoms with Gasteiger partial charge in [0.25, 0.3) is 0 Å². The van der Waals surface area contributed by atoms with Crippen molar-refractivity contribution >= 4 is 44.1 Å². The van der Waals surface area contributed by atoms with E-state index >= 15 is 0 Å². The predicted molar refractivity (Wildman–Crippen MR) is 128 cm³/mol. The molecule has 0 fully saturated rings. The van der Waals surface area contributed by atoms with E-state index in [1.54, 1.807) is 61.9 Å². The highest BCUT2D eigenvalue weighted by molar-refractivity contribution is 7.92. The van der Waals surface area contributed by atoms with Gasteiger partial charge in [-0.15, -0.1) is 0 Å². The van der Waals surface area contributed by atoms with Gasteiger partial charge in [-0.05, 0) is 60.9 Å². The van der Waals surface area contributed by atoms with Crippen molar-refractivity contribution in [2.45, 2.75) is 23.6 Å². The van der Waals surface area contributed by atoms with Gasteiger partial charge in [-0.1, -0.05) is 24.3 Å². The molecule has 0 spiro atoms. The third kappa shape index (κ3) is 3.52. The second-order valence-corrected chi connectivity index (χ2v) is 9.56. The summed E-state index contributed by atoms with van der Waals surface area (Å²) in [7, 11) is -4.01. The SMILES string of the molecule is Cc1ccc(C)c(S(=O)(=O)c2c(N)n(/N=C/c3ccncc3)c3nc4ccccc4nc23)c1. The molecule has 33 heavy (non-hydrogen) atoms. The molecule has 0 atom stereocenters. The van der Waals surface area contributed by atoms with Crippen molar-refractivity contribution < 1.29 is 8.42 Å². The van der Waals surface area contributed by atoms with Crippen LogP contribution in [0.15, 0.2) is 81.9 Å². The molecule has 0 saturated carbocycles. The van der Waals surface area contributed by atoms with Gasteiger partial charge in [-0.25, -0.2) is 18.4 Å². The van der Waals surface area contributed by atoms with Crippen LogP contribution < -0.4 is 5.73 Å². The molecule has 0 amide bonds. The van der Waals surface area contributed by atoms with Crippen LogP contribution >= 0.6 is 0 Å². The first-order valence-corrected chi connectivity index (χ1v) is 11.7. The highest BCUT2D eigenvalue weighted by Crippen LogP contribution is 2.36. The van der Waals surface area contributed by atoms with Crippen LogP contribution in [0.5, 0.6) is 0 Å². The minimum atomic E-state index is -4.01. The zero-order chi connectivity index (χ0) is 23.2. The van der Waals surface area contributed by atoms with Crippen molar-refractivity contribution in [2.75, 3.05) is 5.73 Å². The maximum absolute atomic E-state index is 13.8. The monoisotopic (exact) mass is 456 g/mol. The van der Waals surface area contributed by atoms with E-state index in [9.17, 15) is 8.42 Å². The minimum absolute atomic E-state index is 0.0495. The summed E-state index contributed by atoms with van der Waals surface area (Å²) in [4.78, 5) is 13.4. The zero-order valence-corrected chi connectivity index (χ0v) is 18.8. The minimum Gasteiger partial charge on any atom is -0.382 e. The summed E-state index contributed by atoms with van der Waals surface area (Å²) in [6.07, 6.45) is 4.85. The lowest BCUT2D eigenvalue weighted by atomic mass is 10.2. The van der Waals surface area contributed by atoms with Crippen LogP contribution in [0.4, 0.5) is 5.82 Å². The van der Waals surface area contributed by atoms with Gasteiger partial charge in [0.05, 0.1) is 22.1 Å². The molecule has 0 aliphatic heterocycles. The van der Waals surface area contributed by atoms with Gasteiger partial charge in [0.15, 0.2) is 5.65 Å². The molecule has 0 saturated heterocycles. The lowest BCUT2D eigenvalue weighted by molar-refractivity contribution is 0.596. The predicted octanol–water partition coefficient (Wildman–Crippen LogP) is 3.89. The molecular formula is C24H20N6O2S. The van der Waals surface area contributed by atoms with E-state index in [1.165, 1.54) is 4.68 Å². The second kappa shape index (κ2) is 7.79. The molecule has 164 valence electrons. The Balaban J connectivity index is 1.83. The largest absolute Gasteiger partial charge is 0.382 e. The number of benzene rings is 2. The summed E-state index contributed by atoms with van der Waals surface area (Å²) in [6.45, 7) is 3.60. The average molecular weight is 457 g/mol. The Hall–Kier alpha value is -4.11. The molecule has 5 rings (SSSR count). The first kappa shape index (κ1) is 20.8. The summed E-state index contributed by atoms with van der Waals surface area (Å²) in [6, 6.07) is 16.1. The number of sulfone groups is 1. The Morgan fingerprint density at radius 3 is 2.39 bits per heavy atom. The zero-order valence-electron chi connectivity index (χ0n) is 18.0. The molecule has 0 bridgehead atoms. The standard InChI is InChI=1S/C24H20N6O2S/c1-15-7-8-16(2)20(13-15)33(31,32)22-21-24(29-19-6-4-3-5-18(19)28-21)30(23(22)25)27-14-17-9-11-26-12-10-17/h3-14H,25H2,1-2H3/b27-14+. The van der Waals surface area contributed by atoms with Crippen LogP contribution in [-0.4, -0.2) is 34.3 Å². The summed E-state index contributed by atoms with van der Waals surface area (Å²) in [5.74, 6) is -0.0495. The van der Waals surface area contributed by atoms with E-state index in [4.69, 9.17) is 5.73 Å². The molecular weight excluding hydrogens is 436 g/mol. The lowest BCUT2D eigenvalue weighted by Gasteiger charge is -2.09. The summed E-state index contributed by atoms with van der Waals surface area (Å²) < 4.78 is 29.0. The Kier molecular flexibility index (Phi) is 4.90. The van der Waals surface area contributed by atoms with Crippen LogP contribution in [-0.2, 0) is 9.84 Å². The molecule has 9 heteroatoms. The highest BCUT2D eigenvalue weighted by atomic mass is 32.2. The highest BCUT2D eigenvalue weighted by Gasteiger charge is 2.31. The first-order chi connectivity index (χ1) is 15.9. The molecule has 2 N–H and O–H groups in total. The summed E-state index contributed by atoms with van der Waals surface area (Å²) >= 11 is 0. The smallest absolute Gasteiger partial charge is 0.212 e. The van der Waals surface area contributed by atoms with E-state index in [1.807, 2.05) is 25.1 Å². The lowest BCUT2D eigenvalue weighted by Crippen LogP contribution is -2.08. The van der Waals surface area contributed by atoms with E-state index in [-0.39, 0.29) is 26.8 Å². The number of rotatable bonds is 4. The van der Waals surface area contributed by atoms with Crippen molar-refractivity contribution in [1.29, 1.82) is 0 Å². The normalized spacial score (nSPS) is 12.2. The number of hydrogen-bond donors (Lipinski definition) is 1. The van der Waals surface area contributed by atoms with Gasteiger partial charge in [0, 0.05) is 12.4 Å². The van der Waals surface area contributed by atoms with Gasteiger partial charge in [-0.3, -0.25) is 4.98 Å². The molecule has 0 unspecified atom stereocenters. The Morgan fingerprint density at radius 2 is 1.67 bits per heavy atom.